The van der Waals surface area contributed by atoms with E-state index in [2.05, 4.69) is 15.1 Å². The first-order valence-corrected chi connectivity index (χ1v) is 7.47. The van der Waals surface area contributed by atoms with E-state index >= 15 is 0 Å². The summed E-state index contributed by atoms with van der Waals surface area (Å²) in [6.45, 7) is 4.66. The highest BCUT2D eigenvalue weighted by atomic mass is 16.2. The molecule has 104 valence electrons. The van der Waals surface area contributed by atoms with Crippen LogP contribution in [0.3, 0.4) is 0 Å². The molecular formula is C14H27N3O. The first-order valence-electron chi connectivity index (χ1n) is 7.47. The van der Waals surface area contributed by atoms with Crippen LogP contribution in [0.25, 0.3) is 0 Å². The van der Waals surface area contributed by atoms with E-state index in [1.165, 1.54) is 38.5 Å². The van der Waals surface area contributed by atoms with Crippen LogP contribution >= 0.6 is 0 Å². The molecule has 0 aromatic carbocycles. The Morgan fingerprint density at radius 3 is 2.39 bits per heavy atom. The summed E-state index contributed by atoms with van der Waals surface area (Å²) < 4.78 is 0. The minimum atomic E-state index is 0.341. The molecule has 4 heteroatoms. The maximum Gasteiger partial charge on any atom is 0.236 e. The fourth-order valence-electron chi connectivity index (χ4n) is 3.00. The second-order valence-corrected chi connectivity index (χ2v) is 5.66. The fraction of sp³-hybridized carbons (Fsp3) is 0.929. The van der Waals surface area contributed by atoms with Crippen LogP contribution in [0.1, 0.15) is 38.5 Å². The van der Waals surface area contributed by atoms with Gasteiger partial charge < -0.3 is 10.2 Å². The number of nitrogens with one attached hydrogen (secondary N) is 1. The molecule has 0 aliphatic carbocycles. The van der Waals surface area contributed by atoms with Gasteiger partial charge in [-0.05, 0) is 26.3 Å². The molecule has 0 aromatic rings. The largest absolute Gasteiger partial charge is 0.342 e. The number of likely N-dealkylation sites (N-methyl/N-ethyl adjacent to an activating group) is 1. The van der Waals surface area contributed by atoms with Gasteiger partial charge in [-0.1, -0.05) is 19.3 Å². The van der Waals surface area contributed by atoms with Gasteiger partial charge in [-0.3, -0.25) is 9.69 Å². The van der Waals surface area contributed by atoms with Gasteiger partial charge in [0.25, 0.3) is 0 Å². The summed E-state index contributed by atoms with van der Waals surface area (Å²) in [5.74, 6) is 0.341. The highest BCUT2D eigenvalue weighted by molar-refractivity contribution is 5.78. The second kappa shape index (κ2) is 7.10. The van der Waals surface area contributed by atoms with Gasteiger partial charge in [0.2, 0.25) is 5.91 Å². The van der Waals surface area contributed by atoms with Crippen molar-refractivity contribution in [3.8, 4) is 0 Å². The van der Waals surface area contributed by atoms with Crippen molar-refractivity contribution in [1.82, 2.24) is 15.1 Å². The molecule has 4 nitrogen and oxygen atoms in total. The van der Waals surface area contributed by atoms with Crippen LogP contribution in [0, 0.1) is 0 Å². The van der Waals surface area contributed by atoms with Crippen LogP contribution in [0.4, 0.5) is 0 Å². The van der Waals surface area contributed by atoms with Crippen molar-refractivity contribution in [1.29, 1.82) is 0 Å². The molecule has 0 radical (unpaired) electrons. The Labute approximate surface area is 111 Å². The maximum atomic E-state index is 12.3. The normalized spacial score (nSPS) is 26.9. The summed E-state index contributed by atoms with van der Waals surface area (Å²) in [4.78, 5) is 16.7. The van der Waals surface area contributed by atoms with Crippen LogP contribution in [-0.4, -0.2) is 61.5 Å². The predicted molar refractivity (Wildman–Crippen MR) is 73.6 cm³/mol. The lowest BCUT2D eigenvalue weighted by Crippen LogP contribution is -2.41. The monoisotopic (exact) mass is 253 g/mol. The lowest BCUT2D eigenvalue weighted by molar-refractivity contribution is -0.132. The van der Waals surface area contributed by atoms with Crippen molar-refractivity contribution in [3.05, 3.63) is 0 Å². The Morgan fingerprint density at radius 1 is 1.11 bits per heavy atom. The van der Waals surface area contributed by atoms with E-state index in [-0.39, 0.29) is 0 Å². The zero-order valence-electron chi connectivity index (χ0n) is 11.7. The number of likely N-dealkylation sites (tertiary alicyclic amines) is 2. The molecule has 2 heterocycles. The number of rotatable bonds is 3. The molecular weight excluding hydrogens is 226 g/mol. The number of amides is 1. The number of hydrogen-bond acceptors (Lipinski definition) is 3. The van der Waals surface area contributed by atoms with Gasteiger partial charge in [0, 0.05) is 32.2 Å². The van der Waals surface area contributed by atoms with E-state index in [4.69, 9.17) is 0 Å². The number of carbonyl (C=O) groups excluding carboxylic acids is 1. The number of carbonyl (C=O) groups is 1. The topological polar surface area (TPSA) is 35.6 Å². The van der Waals surface area contributed by atoms with Gasteiger partial charge >= 0.3 is 0 Å². The zero-order chi connectivity index (χ0) is 12.8. The fourth-order valence-corrected chi connectivity index (χ4v) is 3.00. The Kier molecular flexibility index (Phi) is 5.45. The van der Waals surface area contributed by atoms with Gasteiger partial charge in [0.15, 0.2) is 0 Å². The highest BCUT2D eigenvalue weighted by Crippen LogP contribution is 2.12. The molecule has 2 aliphatic heterocycles. The van der Waals surface area contributed by atoms with Gasteiger partial charge in [0.05, 0.1) is 6.54 Å². The van der Waals surface area contributed by atoms with Gasteiger partial charge in [-0.15, -0.1) is 0 Å². The molecule has 0 spiro atoms. The minimum absolute atomic E-state index is 0.341. The van der Waals surface area contributed by atoms with Crippen LogP contribution in [0.5, 0.6) is 0 Å². The minimum Gasteiger partial charge on any atom is -0.342 e. The van der Waals surface area contributed by atoms with Crippen molar-refractivity contribution >= 4 is 5.91 Å². The quantitative estimate of drug-likeness (QED) is 0.817. The number of hydrogen-bond donors (Lipinski definition) is 1. The van der Waals surface area contributed by atoms with E-state index in [0.717, 1.165) is 26.2 Å². The molecule has 1 atom stereocenters. The third kappa shape index (κ3) is 3.95. The molecule has 1 amide bonds. The molecule has 2 saturated heterocycles. The number of nitrogens with zero attached hydrogens (tertiary/aromatic N) is 2. The van der Waals surface area contributed by atoms with Crippen LogP contribution in [-0.2, 0) is 4.79 Å². The SMILES string of the molecule is CNC1CCN(CC(=O)N2CCCCCCC2)C1. The van der Waals surface area contributed by atoms with E-state index in [9.17, 15) is 4.79 Å². The molecule has 2 fully saturated rings. The maximum absolute atomic E-state index is 12.3. The second-order valence-electron chi connectivity index (χ2n) is 5.66. The third-order valence-corrected chi connectivity index (χ3v) is 4.25. The standard InChI is InChI=1S/C14H27N3O/c1-15-13-7-10-16(11-13)12-14(18)17-8-5-3-2-4-6-9-17/h13,15H,2-12H2,1H3. The van der Waals surface area contributed by atoms with E-state index in [1.54, 1.807) is 0 Å². The Bertz CT molecular complexity index is 262. The van der Waals surface area contributed by atoms with E-state index < -0.39 is 0 Å². The van der Waals surface area contributed by atoms with Crippen LogP contribution in [0.2, 0.25) is 0 Å². The van der Waals surface area contributed by atoms with Gasteiger partial charge in [-0.2, -0.15) is 0 Å². The molecule has 18 heavy (non-hydrogen) atoms. The molecule has 2 aliphatic rings. The zero-order valence-corrected chi connectivity index (χ0v) is 11.7. The summed E-state index contributed by atoms with van der Waals surface area (Å²) in [5.41, 5.74) is 0. The molecule has 2 rings (SSSR count). The summed E-state index contributed by atoms with van der Waals surface area (Å²) in [6.07, 6.45) is 7.46. The molecule has 0 saturated carbocycles. The van der Waals surface area contributed by atoms with Gasteiger partial charge in [-0.25, -0.2) is 0 Å². The van der Waals surface area contributed by atoms with Crippen molar-refractivity contribution < 1.29 is 4.79 Å². The smallest absolute Gasteiger partial charge is 0.236 e. The predicted octanol–water partition coefficient (Wildman–Crippen LogP) is 1.07. The summed E-state index contributed by atoms with van der Waals surface area (Å²) in [6, 6.07) is 0.574. The van der Waals surface area contributed by atoms with Crippen LogP contribution < -0.4 is 5.32 Å². The van der Waals surface area contributed by atoms with Crippen LogP contribution in [0.15, 0.2) is 0 Å². The average Bonchev–Trinajstić information content (AvgIpc) is 2.76. The molecule has 0 bridgehead atoms. The van der Waals surface area contributed by atoms with Crippen molar-refractivity contribution in [2.75, 3.05) is 39.8 Å². The highest BCUT2D eigenvalue weighted by Gasteiger charge is 2.24. The third-order valence-electron chi connectivity index (χ3n) is 4.25. The molecule has 1 N–H and O–H groups in total. The Balaban J connectivity index is 1.76. The Hall–Kier alpha value is -0.610. The summed E-state index contributed by atoms with van der Waals surface area (Å²) in [7, 11) is 2.01. The molecule has 1 unspecified atom stereocenters. The average molecular weight is 253 g/mol. The van der Waals surface area contributed by atoms with Crippen molar-refractivity contribution in [2.45, 2.75) is 44.6 Å². The van der Waals surface area contributed by atoms with Crippen molar-refractivity contribution in [3.63, 3.8) is 0 Å². The first kappa shape index (κ1) is 13.8. The summed E-state index contributed by atoms with van der Waals surface area (Å²) in [5, 5.41) is 3.30. The lowest BCUT2D eigenvalue weighted by atomic mass is 10.1. The van der Waals surface area contributed by atoms with E-state index in [0.29, 0.717) is 18.5 Å². The van der Waals surface area contributed by atoms with Gasteiger partial charge in [0.1, 0.15) is 0 Å². The lowest BCUT2D eigenvalue weighted by Gasteiger charge is -2.27. The Morgan fingerprint density at radius 2 is 1.78 bits per heavy atom. The van der Waals surface area contributed by atoms with Crippen molar-refractivity contribution in [2.24, 2.45) is 0 Å². The van der Waals surface area contributed by atoms with E-state index in [1.807, 2.05) is 7.05 Å². The first-order chi connectivity index (χ1) is 8.79. The summed E-state index contributed by atoms with van der Waals surface area (Å²) >= 11 is 0. The molecule has 0 aromatic heterocycles.